The summed E-state index contributed by atoms with van der Waals surface area (Å²) in [5.74, 6) is 0. The maximum Gasteiger partial charge on any atom is 0.391 e. The van der Waals surface area contributed by atoms with Gasteiger partial charge < -0.3 is 10.5 Å². The molecule has 98 valence electrons. The monoisotopic (exact) mass is 287 g/mol. The molecular weight excluding hydrogens is 275 g/mol. The standard InChI is InChI=1S/C10H13ClF3NOS/c1-6(15)9(7-2-3-8(11)17-7)16-5-4-10(12,13)14/h2-3,6,9H,4-5,15H2,1H3. The molecule has 2 nitrogen and oxygen atoms in total. The van der Waals surface area contributed by atoms with E-state index in [9.17, 15) is 13.2 Å². The Morgan fingerprint density at radius 3 is 2.53 bits per heavy atom. The van der Waals surface area contributed by atoms with Crippen molar-refractivity contribution in [3.05, 3.63) is 21.3 Å². The van der Waals surface area contributed by atoms with Crippen LogP contribution in [0.1, 0.15) is 24.3 Å². The van der Waals surface area contributed by atoms with E-state index >= 15 is 0 Å². The summed E-state index contributed by atoms with van der Waals surface area (Å²) in [6.07, 6.45) is -5.74. The molecule has 0 spiro atoms. The van der Waals surface area contributed by atoms with E-state index < -0.39 is 31.3 Å². The number of hydrogen-bond donors (Lipinski definition) is 1. The molecule has 1 aromatic heterocycles. The normalized spacial score (nSPS) is 15.9. The van der Waals surface area contributed by atoms with E-state index in [-0.39, 0.29) is 0 Å². The van der Waals surface area contributed by atoms with Gasteiger partial charge in [-0.25, -0.2) is 0 Å². The van der Waals surface area contributed by atoms with Crippen LogP contribution in [0.3, 0.4) is 0 Å². The maximum atomic E-state index is 12.0. The lowest BCUT2D eigenvalue weighted by molar-refractivity contribution is -0.150. The number of halogens is 4. The Bertz CT molecular complexity index is 354. The molecule has 0 aliphatic heterocycles. The first-order valence-electron chi connectivity index (χ1n) is 4.99. The van der Waals surface area contributed by atoms with Crippen LogP contribution in [0, 0.1) is 0 Å². The molecule has 1 rings (SSSR count). The van der Waals surface area contributed by atoms with E-state index in [0.717, 1.165) is 4.88 Å². The average molecular weight is 288 g/mol. The second-order valence-corrected chi connectivity index (χ2v) is 5.40. The van der Waals surface area contributed by atoms with Gasteiger partial charge >= 0.3 is 6.18 Å². The predicted octanol–water partition coefficient (Wildman–Crippen LogP) is 3.76. The smallest absolute Gasteiger partial charge is 0.371 e. The van der Waals surface area contributed by atoms with E-state index in [1.54, 1.807) is 19.1 Å². The van der Waals surface area contributed by atoms with Crippen LogP contribution >= 0.6 is 22.9 Å². The SMILES string of the molecule is CC(N)C(OCCC(F)(F)F)c1ccc(Cl)s1. The molecule has 0 bridgehead atoms. The molecule has 1 heterocycles. The zero-order chi connectivity index (χ0) is 13.1. The molecule has 0 saturated heterocycles. The van der Waals surface area contributed by atoms with Gasteiger partial charge in [0.2, 0.25) is 0 Å². The second kappa shape index (κ2) is 6.04. The van der Waals surface area contributed by atoms with Crippen LogP contribution in [-0.4, -0.2) is 18.8 Å². The van der Waals surface area contributed by atoms with Crippen molar-refractivity contribution in [2.75, 3.05) is 6.61 Å². The van der Waals surface area contributed by atoms with Gasteiger partial charge in [0.25, 0.3) is 0 Å². The summed E-state index contributed by atoms with van der Waals surface area (Å²) in [5.41, 5.74) is 5.69. The summed E-state index contributed by atoms with van der Waals surface area (Å²) in [4.78, 5) is 0.743. The molecule has 0 saturated carbocycles. The van der Waals surface area contributed by atoms with Gasteiger partial charge in [-0.05, 0) is 19.1 Å². The van der Waals surface area contributed by atoms with E-state index in [4.69, 9.17) is 22.1 Å². The molecule has 7 heteroatoms. The van der Waals surface area contributed by atoms with Gasteiger partial charge in [-0.2, -0.15) is 13.2 Å². The molecule has 0 aromatic carbocycles. The Balaban J connectivity index is 2.56. The minimum absolute atomic E-state index is 0.391. The fourth-order valence-corrected chi connectivity index (χ4v) is 2.50. The minimum atomic E-state index is -4.21. The zero-order valence-electron chi connectivity index (χ0n) is 9.13. The lowest BCUT2D eigenvalue weighted by atomic mass is 10.1. The highest BCUT2D eigenvalue weighted by Crippen LogP contribution is 2.31. The summed E-state index contributed by atoms with van der Waals surface area (Å²) in [5, 5.41) is 0. The fraction of sp³-hybridized carbons (Fsp3) is 0.600. The molecule has 17 heavy (non-hydrogen) atoms. The quantitative estimate of drug-likeness (QED) is 0.895. The topological polar surface area (TPSA) is 35.2 Å². The van der Waals surface area contributed by atoms with E-state index in [1.165, 1.54) is 11.3 Å². The van der Waals surface area contributed by atoms with Gasteiger partial charge in [0.05, 0.1) is 17.4 Å². The average Bonchev–Trinajstić information content (AvgIpc) is 2.57. The van der Waals surface area contributed by atoms with Gasteiger partial charge in [0.15, 0.2) is 0 Å². The number of alkyl halides is 3. The molecule has 1 aromatic rings. The number of nitrogens with two attached hydrogens (primary N) is 1. The van der Waals surface area contributed by atoms with Crippen molar-refractivity contribution in [2.24, 2.45) is 5.73 Å². The summed E-state index contributed by atoms with van der Waals surface area (Å²) >= 11 is 7.02. The first kappa shape index (κ1) is 14.8. The zero-order valence-corrected chi connectivity index (χ0v) is 10.7. The van der Waals surface area contributed by atoms with Crippen LogP contribution in [0.25, 0.3) is 0 Å². The van der Waals surface area contributed by atoms with Crippen LogP contribution in [0.4, 0.5) is 13.2 Å². The Morgan fingerprint density at radius 2 is 2.12 bits per heavy atom. The van der Waals surface area contributed by atoms with Crippen molar-refractivity contribution in [3.63, 3.8) is 0 Å². The molecule has 0 aliphatic rings. The summed E-state index contributed by atoms with van der Waals surface area (Å²) in [6.45, 7) is 1.29. The van der Waals surface area contributed by atoms with Crippen molar-refractivity contribution in [1.29, 1.82) is 0 Å². The van der Waals surface area contributed by atoms with E-state index in [0.29, 0.717) is 4.34 Å². The van der Waals surface area contributed by atoms with Crippen LogP contribution in [0.2, 0.25) is 4.34 Å². The second-order valence-electron chi connectivity index (χ2n) is 3.66. The minimum Gasteiger partial charge on any atom is -0.371 e. The molecule has 2 unspecified atom stereocenters. The van der Waals surface area contributed by atoms with Crippen LogP contribution in [0.15, 0.2) is 12.1 Å². The van der Waals surface area contributed by atoms with Gasteiger partial charge in [-0.3, -0.25) is 0 Å². The van der Waals surface area contributed by atoms with Crippen LogP contribution in [0.5, 0.6) is 0 Å². The summed E-state index contributed by atoms with van der Waals surface area (Å²) < 4.78 is 41.7. The van der Waals surface area contributed by atoms with Crippen molar-refractivity contribution < 1.29 is 17.9 Å². The lowest BCUT2D eigenvalue weighted by Crippen LogP contribution is -2.27. The molecule has 0 radical (unpaired) electrons. The Hall–Kier alpha value is -0.300. The number of thiophene rings is 1. The van der Waals surface area contributed by atoms with Crippen molar-refractivity contribution in [1.82, 2.24) is 0 Å². The highest BCUT2D eigenvalue weighted by atomic mass is 35.5. The van der Waals surface area contributed by atoms with Gasteiger partial charge in [-0.1, -0.05) is 11.6 Å². The molecule has 0 aliphatic carbocycles. The Morgan fingerprint density at radius 1 is 1.47 bits per heavy atom. The Kier molecular flexibility index (Phi) is 5.24. The van der Waals surface area contributed by atoms with Crippen LogP contribution < -0.4 is 5.73 Å². The van der Waals surface area contributed by atoms with Crippen molar-refractivity contribution in [3.8, 4) is 0 Å². The van der Waals surface area contributed by atoms with Crippen molar-refractivity contribution >= 4 is 22.9 Å². The molecule has 2 N–H and O–H groups in total. The highest BCUT2D eigenvalue weighted by Gasteiger charge is 2.28. The van der Waals surface area contributed by atoms with Crippen molar-refractivity contribution in [2.45, 2.75) is 31.7 Å². The highest BCUT2D eigenvalue weighted by molar-refractivity contribution is 7.16. The first-order chi connectivity index (χ1) is 7.79. The summed E-state index contributed by atoms with van der Waals surface area (Å²) in [7, 11) is 0. The number of hydrogen-bond acceptors (Lipinski definition) is 3. The number of ether oxygens (including phenoxy) is 1. The summed E-state index contributed by atoms with van der Waals surface area (Å²) in [6, 6.07) is 3.00. The largest absolute Gasteiger partial charge is 0.391 e. The molecule has 0 amide bonds. The number of rotatable bonds is 5. The molecular formula is C10H13ClF3NOS. The van der Waals surface area contributed by atoms with Gasteiger partial charge in [0, 0.05) is 10.9 Å². The van der Waals surface area contributed by atoms with Gasteiger partial charge in [-0.15, -0.1) is 11.3 Å². The third-order valence-corrected chi connectivity index (χ3v) is 3.33. The first-order valence-corrected chi connectivity index (χ1v) is 6.18. The van der Waals surface area contributed by atoms with E-state index in [1.807, 2.05) is 0 Å². The lowest BCUT2D eigenvalue weighted by Gasteiger charge is -2.20. The fourth-order valence-electron chi connectivity index (χ4n) is 1.28. The van der Waals surface area contributed by atoms with Crippen LogP contribution in [-0.2, 0) is 4.74 Å². The third kappa shape index (κ3) is 5.25. The van der Waals surface area contributed by atoms with Gasteiger partial charge in [0.1, 0.15) is 6.10 Å². The maximum absolute atomic E-state index is 12.0. The molecule has 0 fully saturated rings. The van der Waals surface area contributed by atoms with E-state index in [2.05, 4.69) is 0 Å². The predicted molar refractivity (Wildman–Crippen MR) is 62.3 cm³/mol. The third-order valence-electron chi connectivity index (χ3n) is 2.03. The Labute approximate surface area is 107 Å². The molecule has 2 atom stereocenters.